The van der Waals surface area contributed by atoms with Gasteiger partial charge in [0.2, 0.25) is 5.91 Å². The van der Waals surface area contributed by atoms with Crippen molar-refractivity contribution >= 4 is 34.2 Å². The average molecular weight is 368 g/mol. The molecule has 2 aromatic carbocycles. The molecular formula is C18H16N4O3S. The molecule has 3 rings (SSSR count). The summed E-state index contributed by atoms with van der Waals surface area (Å²) in [5, 5.41) is 21.9. The van der Waals surface area contributed by atoms with Crippen molar-refractivity contribution in [1.29, 1.82) is 0 Å². The number of amidine groups is 1. The van der Waals surface area contributed by atoms with Crippen LogP contribution in [0.15, 0.2) is 64.8 Å². The topological polar surface area (TPSA) is 97.0 Å². The van der Waals surface area contributed by atoms with Crippen LogP contribution in [0.5, 0.6) is 0 Å². The number of nitrogens with zero attached hydrogens (tertiary/aromatic N) is 3. The first-order valence-corrected chi connectivity index (χ1v) is 8.79. The highest BCUT2D eigenvalue weighted by Crippen LogP contribution is 2.23. The number of hydrogen-bond acceptors (Lipinski definition) is 6. The molecule has 7 nitrogen and oxygen atoms in total. The second-order valence-corrected chi connectivity index (χ2v) is 6.87. The number of rotatable bonds is 5. The number of carbonyl (C=O) groups is 1. The third kappa shape index (κ3) is 4.34. The van der Waals surface area contributed by atoms with Gasteiger partial charge in [-0.15, -0.1) is 5.10 Å². The van der Waals surface area contributed by atoms with Crippen molar-refractivity contribution in [2.45, 2.75) is 18.6 Å². The summed E-state index contributed by atoms with van der Waals surface area (Å²) in [6.07, 6.45) is 0.615. The average Bonchev–Trinajstić information content (AvgIpc) is 3.00. The number of nitro benzene ring substituents is 1. The first-order valence-electron chi connectivity index (χ1n) is 7.91. The Hall–Kier alpha value is -3.00. The zero-order valence-electron chi connectivity index (χ0n) is 14.0. The fourth-order valence-corrected chi connectivity index (χ4v) is 3.40. The van der Waals surface area contributed by atoms with Crippen LogP contribution >= 0.6 is 11.8 Å². The van der Waals surface area contributed by atoms with E-state index in [1.165, 1.54) is 23.9 Å². The molecule has 8 heteroatoms. The lowest BCUT2D eigenvalue weighted by Crippen LogP contribution is -2.25. The molecule has 0 bridgehead atoms. The molecule has 132 valence electrons. The highest BCUT2D eigenvalue weighted by Gasteiger charge is 2.30. The molecule has 1 atom stereocenters. The van der Waals surface area contributed by atoms with Gasteiger partial charge in [-0.05, 0) is 18.9 Å². The van der Waals surface area contributed by atoms with Crippen molar-refractivity contribution in [2.75, 3.05) is 0 Å². The Balaban J connectivity index is 1.70. The van der Waals surface area contributed by atoms with Crippen LogP contribution < -0.4 is 5.32 Å². The van der Waals surface area contributed by atoms with Crippen LogP contribution in [0.1, 0.15) is 18.1 Å². The van der Waals surface area contributed by atoms with Crippen LogP contribution in [0, 0.1) is 10.1 Å². The van der Waals surface area contributed by atoms with Gasteiger partial charge >= 0.3 is 0 Å². The Morgan fingerprint density at radius 1 is 1.23 bits per heavy atom. The predicted octanol–water partition coefficient (Wildman–Crippen LogP) is 3.15. The van der Waals surface area contributed by atoms with Crippen LogP contribution in [0.4, 0.5) is 5.69 Å². The highest BCUT2D eigenvalue weighted by atomic mass is 32.2. The van der Waals surface area contributed by atoms with Gasteiger partial charge < -0.3 is 5.32 Å². The summed E-state index contributed by atoms with van der Waals surface area (Å²) in [7, 11) is 0. The van der Waals surface area contributed by atoms with Crippen molar-refractivity contribution in [2.24, 2.45) is 10.2 Å². The number of non-ortho nitro benzene ring substituents is 1. The normalized spacial score (nSPS) is 18.8. The van der Waals surface area contributed by atoms with E-state index in [-0.39, 0.29) is 16.8 Å². The summed E-state index contributed by atoms with van der Waals surface area (Å²) in [4.78, 5) is 22.5. The molecule has 0 spiro atoms. The van der Waals surface area contributed by atoms with Crippen molar-refractivity contribution in [3.8, 4) is 0 Å². The van der Waals surface area contributed by atoms with Crippen molar-refractivity contribution in [3.63, 3.8) is 0 Å². The van der Waals surface area contributed by atoms with Crippen molar-refractivity contribution < 1.29 is 9.72 Å². The van der Waals surface area contributed by atoms with Gasteiger partial charge in [-0.3, -0.25) is 14.9 Å². The number of nitrogens with one attached hydrogen (secondary N) is 1. The van der Waals surface area contributed by atoms with Gasteiger partial charge in [0.15, 0.2) is 5.17 Å². The van der Waals surface area contributed by atoms with Gasteiger partial charge in [0.1, 0.15) is 0 Å². The maximum Gasteiger partial charge on any atom is 0.270 e. The molecule has 26 heavy (non-hydrogen) atoms. The third-order valence-electron chi connectivity index (χ3n) is 3.81. The van der Waals surface area contributed by atoms with Crippen molar-refractivity contribution in [1.82, 2.24) is 5.32 Å². The molecule has 1 amide bonds. The lowest BCUT2D eigenvalue weighted by molar-refractivity contribution is -0.384. The molecule has 0 radical (unpaired) electrons. The minimum absolute atomic E-state index is 0.00354. The number of carbonyl (C=O) groups excluding carboxylic acids is 1. The highest BCUT2D eigenvalue weighted by molar-refractivity contribution is 8.15. The lowest BCUT2D eigenvalue weighted by atomic mass is 10.1. The van der Waals surface area contributed by atoms with Gasteiger partial charge in [0.25, 0.3) is 5.69 Å². The molecular weight excluding hydrogens is 352 g/mol. The number of amides is 1. The predicted molar refractivity (Wildman–Crippen MR) is 102 cm³/mol. The number of hydrogen-bond donors (Lipinski definition) is 1. The van der Waals surface area contributed by atoms with E-state index >= 15 is 0 Å². The van der Waals surface area contributed by atoms with Crippen LogP contribution in [-0.4, -0.2) is 27.0 Å². The standard InChI is InChI=1S/C18H16N4O3S/c1-12(14-8-5-9-15(11-14)22(24)25)20-21-18-19-17(23)16(26-18)10-13-6-3-2-4-7-13/h2-9,11,16H,10H2,1H3,(H,19,21,23)/b20-12-/t16-/m1/s1. The minimum Gasteiger partial charge on any atom is -0.303 e. The summed E-state index contributed by atoms with van der Waals surface area (Å²) in [6.45, 7) is 1.71. The van der Waals surface area contributed by atoms with E-state index in [9.17, 15) is 14.9 Å². The van der Waals surface area contributed by atoms with E-state index in [1.54, 1.807) is 19.1 Å². The molecule has 1 saturated heterocycles. The largest absolute Gasteiger partial charge is 0.303 e. The fourth-order valence-electron chi connectivity index (χ4n) is 2.44. The van der Waals surface area contributed by atoms with Crippen LogP contribution in [0.3, 0.4) is 0 Å². The zero-order chi connectivity index (χ0) is 18.5. The van der Waals surface area contributed by atoms with E-state index in [2.05, 4.69) is 15.5 Å². The number of thioether (sulfide) groups is 1. The molecule has 0 aromatic heterocycles. The van der Waals surface area contributed by atoms with Gasteiger partial charge in [0, 0.05) is 17.7 Å². The van der Waals surface area contributed by atoms with Gasteiger partial charge in [-0.2, -0.15) is 5.10 Å². The summed E-state index contributed by atoms with van der Waals surface area (Å²) in [6, 6.07) is 16.0. The fraction of sp³-hybridized carbons (Fsp3) is 0.167. The smallest absolute Gasteiger partial charge is 0.270 e. The van der Waals surface area contributed by atoms with Crippen LogP contribution in [-0.2, 0) is 11.2 Å². The molecule has 1 aliphatic rings. The van der Waals surface area contributed by atoms with E-state index < -0.39 is 4.92 Å². The monoisotopic (exact) mass is 368 g/mol. The maximum atomic E-state index is 12.1. The molecule has 1 heterocycles. The van der Waals surface area contributed by atoms with Crippen LogP contribution in [0.2, 0.25) is 0 Å². The second-order valence-electron chi connectivity index (χ2n) is 5.68. The SMILES string of the molecule is C/C(=N/N=C1\NC(=O)[C@@H](Cc2ccccc2)S1)c1cccc([N+](=O)[O-])c1. The quantitative estimate of drug-likeness (QED) is 0.498. The van der Waals surface area contributed by atoms with E-state index in [0.717, 1.165) is 5.56 Å². The Labute approximate surface area is 154 Å². The summed E-state index contributed by atoms with van der Waals surface area (Å²) in [5.74, 6) is -0.0965. The third-order valence-corrected chi connectivity index (χ3v) is 4.88. The molecule has 0 aliphatic carbocycles. The molecule has 2 aromatic rings. The molecule has 0 unspecified atom stereocenters. The lowest BCUT2D eigenvalue weighted by Gasteiger charge is -2.04. The Morgan fingerprint density at radius 3 is 2.73 bits per heavy atom. The summed E-state index contributed by atoms with van der Waals surface area (Å²) >= 11 is 1.33. The summed E-state index contributed by atoms with van der Waals surface area (Å²) < 4.78 is 0. The summed E-state index contributed by atoms with van der Waals surface area (Å²) in [5.41, 5.74) is 2.22. The first-order chi connectivity index (χ1) is 12.5. The first kappa shape index (κ1) is 17.8. The van der Waals surface area contributed by atoms with E-state index in [0.29, 0.717) is 22.9 Å². The Morgan fingerprint density at radius 2 is 2.00 bits per heavy atom. The van der Waals surface area contributed by atoms with Crippen LogP contribution in [0.25, 0.3) is 0 Å². The Bertz CT molecular complexity index is 896. The number of benzene rings is 2. The Kier molecular flexibility index (Phi) is 5.43. The molecule has 1 N–H and O–H groups in total. The molecule has 1 fully saturated rings. The molecule has 0 saturated carbocycles. The maximum absolute atomic E-state index is 12.1. The van der Waals surface area contributed by atoms with Gasteiger partial charge in [0.05, 0.1) is 15.9 Å². The van der Waals surface area contributed by atoms with E-state index in [4.69, 9.17) is 0 Å². The van der Waals surface area contributed by atoms with E-state index in [1.807, 2.05) is 30.3 Å². The van der Waals surface area contributed by atoms with Crippen molar-refractivity contribution in [3.05, 3.63) is 75.8 Å². The number of nitro groups is 1. The van der Waals surface area contributed by atoms with Gasteiger partial charge in [-0.1, -0.05) is 54.2 Å². The second kappa shape index (κ2) is 7.92. The minimum atomic E-state index is -0.454. The molecule has 1 aliphatic heterocycles. The van der Waals surface area contributed by atoms with Gasteiger partial charge in [-0.25, -0.2) is 0 Å². The zero-order valence-corrected chi connectivity index (χ0v) is 14.8.